The average molecular weight is 454 g/mol. The van der Waals surface area contributed by atoms with Crippen molar-refractivity contribution >= 4 is 17.6 Å². The number of nitrogens with one attached hydrogen (secondary N) is 2. The third-order valence-corrected chi connectivity index (χ3v) is 6.05. The number of anilines is 1. The largest absolute Gasteiger partial charge is 0.493 e. The molecule has 2 aromatic rings. The fourth-order valence-corrected chi connectivity index (χ4v) is 4.22. The number of urea groups is 1. The van der Waals surface area contributed by atoms with Gasteiger partial charge in [-0.05, 0) is 56.4 Å². The molecule has 7 nitrogen and oxygen atoms in total. The minimum absolute atomic E-state index is 0.0154. The van der Waals surface area contributed by atoms with Crippen LogP contribution in [0.3, 0.4) is 0 Å². The molecular formula is C26H35N3O4. The molecule has 0 aromatic heterocycles. The van der Waals surface area contributed by atoms with Gasteiger partial charge in [0.2, 0.25) is 5.91 Å². The van der Waals surface area contributed by atoms with Crippen LogP contribution < -0.4 is 20.1 Å². The maximum Gasteiger partial charge on any atom is 0.318 e. The molecule has 178 valence electrons. The van der Waals surface area contributed by atoms with E-state index in [1.165, 1.54) is 5.56 Å². The predicted molar refractivity (Wildman–Crippen MR) is 130 cm³/mol. The van der Waals surface area contributed by atoms with E-state index < -0.39 is 0 Å². The van der Waals surface area contributed by atoms with Crippen LogP contribution in [0, 0.1) is 5.92 Å². The second kappa shape index (κ2) is 11.1. The van der Waals surface area contributed by atoms with Crippen LogP contribution in [0.15, 0.2) is 42.5 Å². The number of benzene rings is 2. The van der Waals surface area contributed by atoms with E-state index in [4.69, 9.17) is 9.47 Å². The molecule has 2 N–H and O–H groups in total. The molecule has 0 saturated carbocycles. The summed E-state index contributed by atoms with van der Waals surface area (Å²) in [4.78, 5) is 28.0. The highest BCUT2D eigenvalue weighted by atomic mass is 16.5. The summed E-state index contributed by atoms with van der Waals surface area (Å²) < 4.78 is 10.6. The van der Waals surface area contributed by atoms with E-state index in [1.54, 1.807) is 32.4 Å². The second-order valence-corrected chi connectivity index (χ2v) is 8.70. The molecule has 0 aliphatic carbocycles. The standard InChI is InChI=1S/C26H35N3O4/c1-6-18-7-9-19(10-8-18)22-13-11-20(16-29(22)26(31)27-17(2)3)25(30)28-21-12-14-23(32-4)24(15-21)33-5/h7-10,12,14-15,17,20,22H,6,11,13,16H2,1-5H3,(H,27,31)(H,28,30)/t20-,22+/m0/s1. The number of piperidine rings is 1. The quantitative estimate of drug-likeness (QED) is 0.633. The molecule has 7 heteroatoms. The molecule has 0 radical (unpaired) electrons. The van der Waals surface area contributed by atoms with Gasteiger partial charge in [-0.1, -0.05) is 31.2 Å². The van der Waals surface area contributed by atoms with Crippen molar-refractivity contribution in [2.24, 2.45) is 5.92 Å². The van der Waals surface area contributed by atoms with Crippen LogP contribution in [-0.4, -0.2) is 43.6 Å². The van der Waals surface area contributed by atoms with Crippen LogP contribution in [0.1, 0.15) is 50.8 Å². The molecule has 0 bridgehead atoms. The van der Waals surface area contributed by atoms with Crippen molar-refractivity contribution < 1.29 is 19.1 Å². The summed E-state index contributed by atoms with van der Waals surface area (Å²) in [6.07, 6.45) is 2.40. The van der Waals surface area contributed by atoms with Crippen LogP contribution in [0.5, 0.6) is 11.5 Å². The lowest BCUT2D eigenvalue weighted by atomic mass is 9.88. The number of hydrogen-bond donors (Lipinski definition) is 2. The third-order valence-electron chi connectivity index (χ3n) is 6.05. The predicted octanol–water partition coefficient (Wildman–Crippen LogP) is 4.78. The van der Waals surface area contributed by atoms with Crippen LogP contribution in [0.4, 0.5) is 10.5 Å². The smallest absolute Gasteiger partial charge is 0.318 e. The lowest BCUT2D eigenvalue weighted by molar-refractivity contribution is -0.121. The fraction of sp³-hybridized carbons (Fsp3) is 0.462. The molecule has 1 aliphatic rings. The van der Waals surface area contributed by atoms with Gasteiger partial charge in [-0.2, -0.15) is 0 Å². The molecule has 3 amide bonds. The van der Waals surface area contributed by atoms with E-state index in [-0.39, 0.29) is 29.9 Å². The Morgan fingerprint density at radius 1 is 1.03 bits per heavy atom. The lowest BCUT2D eigenvalue weighted by Gasteiger charge is -2.39. The molecule has 1 aliphatic heterocycles. The summed E-state index contributed by atoms with van der Waals surface area (Å²) in [7, 11) is 3.13. The van der Waals surface area contributed by atoms with Crippen LogP contribution in [0.25, 0.3) is 0 Å². The normalized spacial score (nSPS) is 18.1. The van der Waals surface area contributed by atoms with E-state index in [9.17, 15) is 9.59 Å². The Labute approximate surface area is 196 Å². The summed E-state index contributed by atoms with van der Waals surface area (Å²) in [6.45, 7) is 6.36. The first-order chi connectivity index (χ1) is 15.9. The summed E-state index contributed by atoms with van der Waals surface area (Å²) >= 11 is 0. The molecule has 3 rings (SSSR count). The zero-order chi connectivity index (χ0) is 24.0. The van der Waals surface area contributed by atoms with Gasteiger partial charge in [0.05, 0.1) is 26.2 Å². The summed E-state index contributed by atoms with van der Waals surface area (Å²) in [5.41, 5.74) is 3.00. The Bertz CT molecular complexity index is 959. The van der Waals surface area contributed by atoms with Gasteiger partial charge in [-0.25, -0.2) is 4.79 Å². The highest BCUT2D eigenvalue weighted by Crippen LogP contribution is 2.35. The molecule has 2 aromatic carbocycles. The summed E-state index contributed by atoms with van der Waals surface area (Å²) in [6, 6.07) is 13.5. The van der Waals surface area contributed by atoms with Crippen LogP contribution in [-0.2, 0) is 11.2 Å². The average Bonchev–Trinajstić information content (AvgIpc) is 2.83. The molecule has 33 heavy (non-hydrogen) atoms. The van der Waals surface area contributed by atoms with Crippen molar-refractivity contribution in [3.05, 3.63) is 53.6 Å². The molecule has 1 saturated heterocycles. The Morgan fingerprint density at radius 2 is 1.73 bits per heavy atom. The van der Waals surface area contributed by atoms with E-state index in [0.717, 1.165) is 18.4 Å². The number of methoxy groups -OCH3 is 2. The van der Waals surface area contributed by atoms with Crippen molar-refractivity contribution in [1.82, 2.24) is 10.2 Å². The van der Waals surface area contributed by atoms with Gasteiger partial charge in [0.25, 0.3) is 0 Å². The van der Waals surface area contributed by atoms with Crippen molar-refractivity contribution in [3.63, 3.8) is 0 Å². The number of aryl methyl sites for hydroxylation is 1. The maximum atomic E-state index is 13.1. The fourth-order valence-electron chi connectivity index (χ4n) is 4.22. The monoisotopic (exact) mass is 453 g/mol. The highest BCUT2D eigenvalue weighted by Gasteiger charge is 2.36. The number of nitrogens with zero attached hydrogens (tertiary/aromatic N) is 1. The second-order valence-electron chi connectivity index (χ2n) is 8.70. The van der Waals surface area contributed by atoms with Crippen molar-refractivity contribution in [2.75, 3.05) is 26.1 Å². The van der Waals surface area contributed by atoms with Gasteiger partial charge in [0.1, 0.15) is 0 Å². The number of rotatable bonds is 7. The number of hydrogen-bond acceptors (Lipinski definition) is 4. The van der Waals surface area contributed by atoms with Crippen molar-refractivity contribution in [3.8, 4) is 11.5 Å². The number of carbonyl (C=O) groups excluding carboxylic acids is 2. The van der Waals surface area contributed by atoms with Crippen molar-refractivity contribution in [2.45, 2.75) is 52.1 Å². The number of likely N-dealkylation sites (tertiary alicyclic amines) is 1. The first kappa shape index (κ1) is 24.4. The maximum absolute atomic E-state index is 13.1. The molecule has 1 heterocycles. The summed E-state index contributed by atoms with van der Waals surface area (Å²) in [5, 5.41) is 5.97. The topological polar surface area (TPSA) is 79.9 Å². The minimum atomic E-state index is -0.304. The summed E-state index contributed by atoms with van der Waals surface area (Å²) in [5.74, 6) is 0.737. The number of ether oxygens (including phenoxy) is 2. The number of carbonyl (C=O) groups is 2. The minimum Gasteiger partial charge on any atom is -0.493 e. The van der Waals surface area contributed by atoms with Gasteiger partial charge in [-0.3, -0.25) is 4.79 Å². The zero-order valence-corrected chi connectivity index (χ0v) is 20.2. The van der Waals surface area contributed by atoms with Gasteiger partial charge >= 0.3 is 6.03 Å². The number of amides is 3. The molecule has 0 unspecified atom stereocenters. The van der Waals surface area contributed by atoms with Crippen LogP contribution in [0.2, 0.25) is 0 Å². The Kier molecular flexibility index (Phi) is 8.20. The van der Waals surface area contributed by atoms with Gasteiger partial charge in [0.15, 0.2) is 11.5 Å². The van der Waals surface area contributed by atoms with Gasteiger partial charge < -0.3 is 25.0 Å². The Hall–Kier alpha value is -3.22. The molecule has 1 fully saturated rings. The third kappa shape index (κ3) is 5.97. The van der Waals surface area contributed by atoms with E-state index in [2.05, 4.69) is 41.8 Å². The SMILES string of the molecule is CCc1ccc([C@H]2CC[C@H](C(=O)Nc3ccc(OC)c(OC)c3)CN2C(=O)NC(C)C)cc1. The highest BCUT2D eigenvalue weighted by molar-refractivity contribution is 5.93. The van der Waals surface area contributed by atoms with E-state index >= 15 is 0 Å². The van der Waals surface area contributed by atoms with Crippen molar-refractivity contribution in [1.29, 1.82) is 0 Å². The first-order valence-electron chi connectivity index (χ1n) is 11.5. The zero-order valence-electron chi connectivity index (χ0n) is 20.2. The molecule has 2 atom stereocenters. The Balaban J connectivity index is 1.77. The first-order valence-corrected chi connectivity index (χ1v) is 11.5. The van der Waals surface area contributed by atoms with Crippen LogP contribution >= 0.6 is 0 Å². The Morgan fingerprint density at radius 3 is 2.33 bits per heavy atom. The van der Waals surface area contributed by atoms with Gasteiger partial charge in [0, 0.05) is 24.3 Å². The van der Waals surface area contributed by atoms with E-state index in [1.807, 2.05) is 18.7 Å². The lowest BCUT2D eigenvalue weighted by Crippen LogP contribution is -2.50. The van der Waals surface area contributed by atoms with Gasteiger partial charge in [-0.15, -0.1) is 0 Å². The van der Waals surface area contributed by atoms with E-state index in [0.29, 0.717) is 30.2 Å². The molecular weight excluding hydrogens is 418 g/mol. The molecule has 0 spiro atoms.